The topological polar surface area (TPSA) is 63.6 Å². The molecule has 0 radical (unpaired) electrons. The molecule has 1 N–H and O–H groups in total. The number of ether oxygens (including phenoxy) is 1. The normalized spacial score (nSPS) is 6.69. The van der Waals surface area contributed by atoms with E-state index < -0.39 is 0 Å². The first-order valence-corrected chi connectivity index (χ1v) is 2.54. The second-order valence-corrected chi connectivity index (χ2v) is 2.39. The van der Waals surface area contributed by atoms with Gasteiger partial charge in [0.25, 0.3) is 0 Å². The van der Waals surface area contributed by atoms with Crippen LogP contribution in [0.15, 0.2) is 0 Å². The quantitative estimate of drug-likeness (QED) is 0.515. The summed E-state index contributed by atoms with van der Waals surface area (Å²) in [6.45, 7) is 7.23. The summed E-state index contributed by atoms with van der Waals surface area (Å²) < 4.78 is 4.42. The van der Waals surface area contributed by atoms with Crippen LogP contribution in [0.2, 0.25) is 0 Å². The molecule has 13 heavy (non-hydrogen) atoms. The molecule has 0 saturated carbocycles. The summed E-state index contributed by atoms with van der Waals surface area (Å²) in [5, 5.41) is 6.76. The minimum absolute atomic E-state index is 0. The molecule has 0 atom stereocenters. The van der Waals surface area contributed by atoms with Gasteiger partial charge in [-0.2, -0.15) is 0 Å². The standard InChI is InChI=1S/C5H9O2.CHO2.CH3.2W/c1-5(2,3)7-4-6;2-1-3;;;/h1-3H3;(H,2,3);1H3;;/q3*-1;;+2. The fraction of sp³-hybridized carbons (Fsp3) is 0.571. The molecule has 0 spiro atoms. The molecule has 0 saturated heterocycles. The summed E-state index contributed by atoms with van der Waals surface area (Å²) >= 11 is 0. The Labute approximate surface area is 108 Å². The second-order valence-electron chi connectivity index (χ2n) is 2.39. The van der Waals surface area contributed by atoms with E-state index in [9.17, 15) is 4.79 Å². The van der Waals surface area contributed by atoms with Crippen LogP contribution in [0, 0.1) is 7.43 Å². The average Bonchev–Trinajstić information content (AvgIpc) is 1.63. The molecule has 0 aliphatic heterocycles. The maximum atomic E-state index is 9.47. The number of carbonyl (C=O) groups excluding carboxylic acids is 1. The molecular formula is C7H13O4W2-. The van der Waals surface area contributed by atoms with Gasteiger partial charge in [0.1, 0.15) is 0 Å². The Bertz CT molecular complexity index is 101. The summed E-state index contributed by atoms with van der Waals surface area (Å²) in [6, 6.07) is 0. The molecule has 0 fully saturated rings. The van der Waals surface area contributed by atoms with Crippen LogP contribution in [0.3, 0.4) is 0 Å². The number of rotatable bonds is 1. The van der Waals surface area contributed by atoms with Crippen LogP contribution in [0.4, 0.5) is 0 Å². The third kappa shape index (κ3) is 70.4. The summed E-state index contributed by atoms with van der Waals surface area (Å²) in [7, 11) is 0. The van der Waals surface area contributed by atoms with Crippen LogP contribution in [0.25, 0.3) is 0 Å². The zero-order valence-corrected chi connectivity index (χ0v) is 13.9. The molecule has 0 aliphatic carbocycles. The van der Waals surface area contributed by atoms with Crippen molar-refractivity contribution in [2.45, 2.75) is 26.4 Å². The zero-order valence-electron chi connectivity index (χ0n) is 7.99. The first-order chi connectivity index (χ1) is 4.47. The van der Waals surface area contributed by atoms with Gasteiger partial charge in [-0.1, -0.05) is 12.9 Å². The first kappa shape index (κ1) is 29.2. The Kier molecular flexibility index (Phi) is 40.8. The number of hydrogen-bond donors (Lipinski definition) is 1. The van der Waals surface area contributed by atoms with Crippen molar-refractivity contribution in [3.8, 4) is 0 Å². The Morgan fingerprint density at radius 1 is 1.23 bits per heavy atom. The van der Waals surface area contributed by atoms with E-state index in [1.165, 1.54) is 6.47 Å². The minimum Gasteiger partial charge on any atom is -0.665 e. The van der Waals surface area contributed by atoms with Gasteiger partial charge in [-0.05, 0) is 20.8 Å². The van der Waals surface area contributed by atoms with E-state index in [0.29, 0.717) is 6.47 Å². The van der Waals surface area contributed by atoms with Crippen molar-refractivity contribution < 1.29 is 61.6 Å². The molecule has 0 heterocycles. The van der Waals surface area contributed by atoms with Gasteiger partial charge in [-0.25, -0.2) is 0 Å². The van der Waals surface area contributed by atoms with Crippen molar-refractivity contribution in [3.05, 3.63) is 7.43 Å². The molecule has 6 heteroatoms. The third-order valence-electron chi connectivity index (χ3n) is 0.348. The summed E-state index contributed by atoms with van der Waals surface area (Å²) in [6.07, 6.45) is 0. The van der Waals surface area contributed by atoms with E-state index in [-0.39, 0.29) is 55.2 Å². The maximum absolute atomic E-state index is 9.47. The van der Waals surface area contributed by atoms with Crippen molar-refractivity contribution in [1.82, 2.24) is 0 Å². The van der Waals surface area contributed by atoms with Crippen LogP contribution >= 0.6 is 0 Å². The maximum Gasteiger partial charge on any atom is 2.00 e. The molecule has 0 amide bonds. The molecule has 0 bridgehead atoms. The second kappa shape index (κ2) is 18.2. The van der Waals surface area contributed by atoms with E-state index in [4.69, 9.17) is 9.90 Å². The van der Waals surface area contributed by atoms with E-state index in [2.05, 4.69) is 4.74 Å². The largest absolute Gasteiger partial charge is 2.00 e. The zero-order chi connectivity index (χ0) is 8.62. The minimum atomic E-state index is -0.373. The van der Waals surface area contributed by atoms with Gasteiger partial charge in [0.15, 0.2) is 0 Å². The van der Waals surface area contributed by atoms with Crippen molar-refractivity contribution in [2.75, 3.05) is 0 Å². The summed E-state index contributed by atoms with van der Waals surface area (Å²) in [5.74, 6) is 0. The first-order valence-electron chi connectivity index (χ1n) is 2.54. The smallest absolute Gasteiger partial charge is 0.665 e. The van der Waals surface area contributed by atoms with Gasteiger partial charge >= 0.3 is 21.1 Å². The molecule has 0 aromatic heterocycles. The van der Waals surface area contributed by atoms with Crippen LogP contribution in [0.1, 0.15) is 20.8 Å². The molecule has 0 aromatic carbocycles. The Morgan fingerprint density at radius 3 is 1.46 bits per heavy atom. The van der Waals surface area contributed by atoms with Crippen molar-refractivity contribution in [1.29, 1.82) is 0 Å². The number of hydrogen-bond acceptors (Lipinski definition) is 3. The van der Waals surface area contributed by atoms with Gasteiger partial charge in [-0.3, -0.25) is 0 Å². The third-order valence-corrected chi connectivity index (χ3v) is 0.348. The van der Waals surface area contributed by atoms with Gasteiger partial charge in [0.05, 0.1) is 5.60 Å². The van der Waals surface area contributed by atoms with Crippen molar-refractivity contribution >= 4 is 12.9 Å². The van der Waals surface area contributed by atoms with E-state index >= 15 is 0 Å². The fourth-order valence-corrected chi connectivity index (χ4v) is 0.125. The predicted octanol–water partition coefficient (Wildman–Crippen LogP) is 0.926. The summed E-state index contributed by atoms with van der Waals surface area (Å²) in [5.41, 5.74) is -0.373. The van der Waals surface area contributed by atoms with Gasteiger partial charge in [0, 0.05) is 21.1 Å². The van der Waals surface area contributed by atoms with E-state index in [0.717, 1.165) is 0 Å². The van der Waals surface area contributed by atoms with Crippen molar-refractivity contribution in [2.24, 2.45) is 0 Å². The van der Waals surface area contributed by atoms with Crippen LogP contribution in [-0.4, -0.2) is 23.7 Å². The average molecular weight is 529 g/mol. The van der Waals surface area contributed by atoms with E-state index in [1.807, 2.05) is 0 Å². The fourth-order valence-electron chi connectivity index (χ4n) is 0.125. The monoisotopic (exact) mass is 529 g/mol. The number of aliphatic hydroxyl groups excluding tert-OH is 1. The summed E-state index contributed by atoms with van der Waals surface area (Å²) in [4.78, 5) is 17.7. The van der Waals surface area contributed by atoms with E-state index in [1.54, 1.807) is 20.8 Å². The molecule has 0 unspecified atom stereocenters. The molecule has 0 aromatic rings. The SMILES string of the molecule is CC(C)(C)O[C-]=O.O=[C-]O.[CH3-].[W+2].[W]. The van der Waals surface area contributed by atoms with Gasteiger partial charge < -0.3 is 26.9 Å². The van der Waals surface area contributed by atoms with Crippen LogP contribution < -0.4 is 0 Å². The molecule has 4 nitrogen and oxygen atoms in total. The van der Waals surface area contributed by atoms with Crippen molar-refractivity contribution in [3.63, 3.8) is 0 Å². The van der Waals surface area contributed by atoms with Crippen LogP contribution in [0.5, 0.6) is 0 Å². The Balaban J connectivity index is -0.0000000320. The molecule has 78 valence electrons. The van der Waals surface area contributed by atoms with Crippen LogP contribution in [-0.2, 0) is 56.5 Å². The van der Waals surface area contributed by atoms with Gasteiger partial charge in [0.2, 0.25) is 0 Å². The predicted molar refractivity (Wildman–Crippen MR) is 41.3 cm³/mol. The molecule has 0 aliphatic rings. The molecule has 0 rings (SSSR count). The molecular weight excluding hydrogens is 516 g/mol. The Morgan fingerprint density at radius 2 is 1.46 bits per heavy atom. The Hall–Kier alpha value is 0.317. The van der Waals surface area contributed by atoms with Gasteiger partial charge in [-0.15, -0.1) is 0 Å².